The summed E-state index contributed by atoms with van der Waals surface area (Å²) in [6, 6.07) is 22.3. The molecular formula is C22H21BrN2O2S. The van der Waals surface area contributed by atoms with Crippen molar-refractivity contribution in [3.63, 3.8) is 0 Å². The number of fused-ring (bicyclic) bond motifs is 1. The molecule has 28 heavy (non-hydrogen) atoms. The molecule has 0 amide bonds. The van der Waals surface area contributed by atoms with Gasteiger partial charge < -0.3 is 5.32 Å². The Hall–Kier alpha value is -2.15. The van der Waals surface area contributed by atoms with Crippen LogP contribution in [0.3, 0.4) is 0 Å². The summed E-state index contributed by atoms with van der Waals surface area (Å²) >= 11 is 3.53. The summed E-state index contributed by atoms with van der Waals surface area (Å²) in [6.45, 7) is 2.04. The number of hydrogen-bond acceptors (Lipinski definition) is 3. The van der Waals surface area contributed by atoms with Crippen molar-refractivity contribution in [2.45, 2.75) is 30.3 Å². The quantitative estimate of drug-likeness (QED) is 0.578. The molecule has 0 aromatic heterocycles. The minimum Gasteiger partial charge on any atom is -0.377 e. The first-order valence-corrected chi connectivity index (χ1v) is 11.4. The second-order valence-electron chi connectivity index (χ2n) is 7.03. The molecule has 2 N–H and O–H groups in total. The summed E-state index contributed by atoms with van der Waals surface area (Å²) in [6.07, 6.45) is 0.648. The van der Waals surface area contributed by atoms with Crippen LogP contribution in [-0.4, -0.2) is 14.5 Å². The van der Waals surface area contributed by atoms with E-state index in [2.05, 4.69) is 44.2 Å². The fourth-order valence-electron chi connectivity index (χ4n) is 3.66. The van der Waals surface area contributed by atoms with Crippen molar-refractivity contribution in [2.75, 3.05) is 5.32 Å². The Bertz CT molecular complexity index is 1100. The maximum atomic E-state index is 12.9. The van der Waals surface area contributed by atoms with E-state index in [-0.39, 0.29) is 17.0 Å². The lowest BCUT2D eigenvalue weighted by Crippen LogP contribution is -2.40. The first kappa shape index (κ1) is 19.2. The van der Waals surface area contributed by atoms with Crippen molar-refractivity contribution in [2.24, 2.45) is 0 Å². The van der Waals surface area contributed by atoms with Crippen molar-refractivity contribution >= 4 is 31.6 Å². The molecule has 0 heterocycles. The van der Waals surface area contributed by atoms with Gasteiger partial charge in [-0.2, -0.15) is 0 Å². The third-order valence-corrected chi connectivity index (χ3v) is 7.47. The number of sulfonamides is 1. The molecule has 6 heteroatoms. The van der Waals surface area contributed by atoms with Crippen molar-refractivity contribution < 1.29 is 8.42 Å². The standard InChI is InChI=1S/C22H21BrN2O2S/c1-15-13-17(11-12-20(15)23)24-22-19-10-6-5-7-16(19)14-21(22)25-28(26,27)18-8-3-2-4-9-18/h2-13,21-22,24-25H,14H2,1H3. The van der Waals surface area contributed by atoms with Crippen LogP contribution in [0.5, 0.6) is 0 Å². The Morgan fingerprint density at radius 3 is 2.43 bits per heavy atom. The Labute approximate surface area is 174 Å². The predicted molar refractivity (Wildman–Crippen MR) is 116 cm³/mol. The first-order valence-electron chi connectivity index (χ1n) is 9.12. The van der Waals surface area contributed by atoms with Crippen LogP contribution in [0.25, 0.3) is 0 Å². The van der Waals surface area contributed by atoms with E-state index in [1.54, 1.807) is 24.3 Å². The summed E-state index contributed by atoms with van der Waals surface area (Å²) in [5.41, 5.74) is 4.38. The highest BCUT2D eigenvalue weighted by Gasteiger charge is 2.35. The Kier molecular flexibility index (Phi) is 5.27. The van der Waals surface area contributed by atoms with E-state index in [9.17, 15) is 8.42 Å². The Balaban J connectivity index is 1.65. The number of anilines is 1. The van der Waals surface area contributed by atoms with Gasteiger partial charge in [-0.3, -0.25) is 0 Å². The van der Waals surface area contributed by atoms with Crippen molar-refractivity contribution in [1.82, 2.24) is 4.72 Å². The average Bonchev–Trinajstić information content (AvgIpc) is 3.02. The van der Waals surface area contributed by atoms with E-state index < -0.39 is 10.0 Å². The fraction of sp³-hybridized carbons (Fsp3) is 0.182. The van der Waals surface area contributed by atoms with E-state index >= 15 is 0 Å². The van der Waals surface area contributed by atoms with Gasteiger partial charge in [0.05, 0.1) is 17.0 Å². The largest absolute Gasteiger partial charge is 0.377 e. The second-order valence-corrected chi connectivity index (χ2v) is 9.60. The zero-order valence-corrected chi connectivity index (χ0v) is 17.8. The van der Waals surface area contributed by atoms with Gasteiger partial charge in [-0.05, 0) is 60.4 Å². The smallest absolute Gasteiger partial charge is 0.240 e. The van der Waals surface area contributed by atoms with Crippen LogP contribution in [0.1, 0.15) is 22.7 Å². The van der Waals surface area contributed by atoms with Gasteiger partial charge in [-0.15, -0.1) is 0 Å². The van der Waals surface area contributed by atoms with Gasteiger partial charge >= 0.3 is 0 Å². The molecule has 2 atom stereocenters. The topological polar surface area (TPSA) is 58.2 Å². The van der Waals surface area contributed by atoms with Crippen LogP contribution >= 0.6 is 15.9 Å². The molecule has 0 aliphatic heterocycles. The number of benzene rings is 3. The molecular weight excluding hydrogens is 436 g/mol. The normalized spacial score (nSPS) is 18.6. The van der Waals surface area contributed by atoms with Gasteiger partial charge in [0.1, 0.15) is 0 Å². The molecule has 2 unspecified atom stereocenters. The SMILES string of the molecule is Cc1cc(NC2c3ccccc3CC2NS(=O)(=O)c2ccccc2)ccc1Br. The van der Waals surface area contributed by atoms with Crippen molar-refractivity contribution in [3.8, 4) is 0 Å². The molecule has 1 aliphatic carbocycles. The molecule has 0 fully saturated rings. The average molecular weight is 457 g/mol. The molecule has 1 aliphatic rings. The zero-order chi connectivity index (χ0) is 19.7. The van der Waals surface area contributed by atoms with Crippen LogP contribution in [0, 0.1) is 6.92 Å². The molecule has 0 spiro atoms. The van der Waals surface area contributed by atoms with Crippen LogP contribution < -0.4 is 10.0 Å². The number of halogens is 1. The lowest BCUT2D eigenvalue weighted by Gasteiger charge is -2.24. The highest BCUT2D eigenvalue weighted by Crippen LogP contribution is 2.35. The van der Waals surface area contributed by atoms with Crippen LogP contribution in [0.15, 0.2) is 82.2 Å². The minimum absolute atomic E-state index is 0.143. The first-order chi connectivity index (χ1) is 13.4. The molecule has 0 radical (unpaired) electrons. The van der Waals surface area contributed by atoms with E-state index in [1.165, 1.54) is 0 Å². The summed E-state index contributed by atoms with van der Waals surface area (Å²) in [5, 5.41) is 3.54. The van der Waals surface area contributed by atoms with E-state index in [0.717, 1.165) is 26.9 Å². The molecule has 3 aromatic carbocycles. The van der Waals surface area contributed by atoms with Gasteiger partial charge in [-0.1, -0.05) is 58.4 Å². The molecule has 0 saturated carbocycles. The molecule has 0 bridgehead atoms. The van der Waals surface area contributed by atoms with E-state index in [4.69, 9.17) is 0 Å². The molecule has 4 nitrogen and oxygen atoms in total. The van der Waals surface area contributed by atoms with Crippen molar-refractivity contribution in [3.05, 3.63) is 94.0 Å². The van der Waals surface area contributed by atoms with Crippen LogP contribution in [-0.2, 0) is 16.4 Å². The fourth-order valence-corrected chi connectivity index (χ4v) is 5.18. The van der Waals surface area contributed by atoms with Gasteiger partial charge in [0.2, 0.25) is 10.0 Å². The zero-order valence-electron chi connectivity index (χ0n) is 15.4. The summed E-state index contributed by atoms with van der Waals surface area (Å²) in [7, 11) is -3.60. The lowest BCUT2D eigenvalue weighted by molar-refractivity contribution is 0.529. The minimum atomic E-state index is -3.60. The van der Waals surface area contributed by atoms with Crippen molar-refractivity contribution in [1.29, 1.82) is 0 Å². The molecule has 144 valence electrons. The van der Waals surface area contributed by atoms with Gasteiger partial charge in [0.15, 0.2) is 0 Å². The molecule has 0 saturated heterocycles. The van der Waals surface area contributed by atoms with Gasteiger partial charge in [-0.25, -0.2) is 13.1 Å². The maximum absolute atomic E-state index is 12.9. The molecule has 4 rings (SSSR count). The van der Waals surface area contributed by atoms with Crippen LogP contribution in [0.4, 0.5) is 5.69 Å². The Morgan fingerprint density at radius 1 is 0.964 bits per heavy atom. The predicted octanol–water partition coefficient (Wildman–Crippen LogP) is 4.81. The summed E-state index contributed by atoms with van der Waals surface area (Å²) in [5.74, 6) is 0. The second kappa shape index (κ2) is 7.70. The summed E-state index contributed by atoms with van der Waals surface area (Å²) in [4.78, 5) is 0.282. The summed E-state index contributed by atoms with van der Waals surface area (Å²) < 4.78 is 29.7. The van der Waals surface area contributed by atoms with Gasteiger partial charge in [0, 0.05) is 10.2 Å². The highest BCUT2D eigenvalue weighted by atomic mass is 79.9. The monoisotopic (exact) mass is 456 g/mol. The molecule has 3 aromatic rings. The number of hydrogen-bond donors (Lipinski definition) is 2. The highest BCUT2D eigenvalue weighted by molar-refractivity contribution is 9.10. The number of rotatable bonds is 5. The maximum Gasteiger partial charge on any atom is 0.240 e. The number of nitrogens with one attached hydrogen (secondary N) is 2. The number of aryl methyl sites for hydroxylation is 1. The van der Waals surface area contributed by atoms with Crippen LogP contribution in [0.2, 0.25) is 0 Å². The van der Waals surface area contributed by atoms with E-state index in [0.29, 0.717) is 6.42 Å². The third-order valence-electron chi connectivity index (χ3n) is 5.07. The third kappa shape index (κ3) is 3.85. The van der Waals surface area contributed by atoms with Gasteiger partial charge in [0.25, 0.3) is 0 Å². The Morgan fingerprint density at radius 2 is 1.68 bits per heavy atom. The van der Waals surface area contributed by atoms with E-state index in [1.807, 2.05) is 37.3 Å². The lowest BCUT2D eigenvalue weighted by atomic mass is 10.1.